The molecule has 8 heteroatoms. The highest BCUT2D eigenvalue weighted by atomic mass is 32.2. The summed E-state index contributed by atoms with van der Waals surface area (Å²) in [5.41, 5.74) is 0.648. The molecule has 0 aliphatic carbocycles. The van der Waals surface area contributed by atoms with E-state index in [1.165, 1.54) is 0 Å². The Labute approximate surface area is 145 Å². The first-order valence-corrected chi connectivity index (χ1v) is 9.41. The number of nitrogens with one attached hydrogen (secondary N) is 1. The quantitative estimate of drug-likeness (QED) is 0.881. The molecule has 0 unspecified atom stereocenters. The second-order valence-corrected chi connectivity index (χ2v) is 7.54. The lowest BCUT2D eigenvalue weighted by Crippen LogP contribution is -2.36. The molecule has 0 bridgehead atoms. The first kappa shape index (κ1) is 17.9. The van der Waals surface area contributed by atoms with Crippen LogP contribution < -0.4 is 4.72 Å². The number of aromatic nitrogens is 1. The number of ether oxygens (including phenoxy) is 1. The van der Waals surface area contributed by atoms with Crippen molar-refractivity contribution in [2.24, 2.45) is 5.92 Å². The molecule has 1 aliphatic rings. The van der Waals surface area contributed by atoms with Crippen molar-refractivity contribution in [3.63, 3.8) is 0 Å². The van der Waals surface area contributed by atoms with Crippen LogP contribution in [0, 0.1) is 17.6 Å². The summed E-state index contributed by atoms with van der Waals surface area (Å²) in [4.78, 5) is 3.06. The molecule has 1 aromatic carbocycles. The van der Waals surface area contributed by atoms with Gasteiger partial charge in [0.25, 0.3) is 0 Å². The summed E-state index contributed by atoms with van der Waals surface area (Å²) >= 11 is 0. The van der Waals surface area contributed by atoms with Crippen LogP contribution in [0.3, 0.4) is 0 Å². The fourth-order valence-electron chi connectivity index (χ4n) is 3.01. The highest BCUT2D eigenvalue weighted by molar-refractivity contribution is 7.89. The van der Waals surface area contributed by atoms with Gasteiger partial charge in [-0.3, -0.25) is 4.98 Å². The fraction of sp³-hybridized carbons (Fsp3) is 0.353. The summed E-state index contributed by atoms with van der Waals surface area (Å²) in [5.74, 6) is -2.30. The Balaban J connectivity index is 1.97. The lowest BCUT2D eigenvalue weighted by atomic mass is 9.88. The van der Waals surface area contributed by atoms with Gasteiger partial charge < -0.3 is 4.74 Å². The van der Waals surface area contributed by atoms with Gasteiger partial charge in [-0.1, -0.05) is 12.1 Å². The molecule has 1 fully saturated rings. The Morgan fingerprint density at radius 1 is 1.12 bits per heavy atom. The molecule has 2 aromatic rings. The SMILES string of the molecule is O=S(=O)(N[C@H](c1cccnc1)C1CCOCC1)c1c(F)cccc1F. The predicted molar refractivity (Wildman–Crippen MR) is 87.2 cm³/mol. The zero-order chi connectivity index (χ0) is 17.9. The maximum atomic E-state index is 13.9. The van der Waals surface area contributed by atoms with Crippen LogP contribution in [-0.2, 0) is 14.8 Å². The summed E-state index contributed by atoms with van der Waals surface area (Å²) in [6.07, 6.45) is 4.42. The minimum atomic E-state index is -4.39. The van der Waals surface area contributed by atoms with Gasteiger partial charge in [0.05, 0.1) is 6.04 Å². The molecule has 0 amide bonds. The van der Waals surface area contributed by atoms with Gasteiger partial charge in [0.15, 0.2) is 4.90 Å². The number of hydrogen-bond acceptors (Lipinski definition) is 4. The highest BCUT2D eigenvalue weighted by Crippen LogP contribution is 2.32. The van der Waals surface area contributed by atoms with Crippen molar-refractivity contribution in [2.45, 2.75) is 23.8 Å². The van der Waals surface area contributed by atoms with Crippen LogP contribution in [0.4, 0.5) is 8.78 Å². The molecule has 3 rings (SSSR count). The number of nitrogens with zero attached hydrogens (tertiary/aromatic N) is 1. The monoisotopic (exact) mass is 368 g/mol. The Bertz CT molecular complexity index is 805. The van der Waals surface area contributed by atoms with Crippen molar-refractivity contribution in [1.82, 2.24) is 9.71 Å². The molecular weight excluding hydrogens is 350 g/mol. The van der Waals surface area contributed by atoms with E-state index in [1.54, 1.807) is 24.5 Å². The number of rotatable bonds is 5. The number of halogens is 2. The normalized spacial score (nSPS) is 17.4. The van der Waals surface area contributed by atoms with E-state index < -0.39 is 32.6 Å². The Morgan fingerprint density at radius 3 is 2.40 bits per heavy atom. The Kier molecular flexibility index (Phi) is 5.41. The molecule has 134 valence electrons. The van der Waals surface area contributed by atoms with Crippen molar-refractivity contribution in [1.29, 1.82) is 0 Å². The van der Waals surface area contributed by atoms with Gasteiger partial charge in [0, 0.05) is 25.6 Å². The maximum Gasteiger partial charge on any atom is 0.246 e. The summed E-state index contributed by atoms with van der Waals surface area (Å²) < 4.78 is 61.0. The zero-order valence-corrected chi connectivity index (χ0v) is 14.2. The summed E-state index contributed by atoms with van der Waals surface area (Å²) in [6.45, 7) is 1.02. The second-order valence-electron chi connectivity index (χ2n) is 5.89. The molecule has 1 saturated heterocycles. The molecule has 1 aromatic heterocycles. The van der Waals surface area contributed by atoms with E-state index in [2.05, 4.69) is 9.71 Å². The number of benzene rings is 1. The average molecular weight is 368 g/mol. The Morgan fingerprint density at radius 2 is 1.80 bits per heavy atom. The van der Waals surface area contributed by atoms with E-state index in [-0.39, 0.29) is 5.92 Å². The topological polar surface area (TPSA) is 68.3 Å². The highest BCUT2D eigenvalue weighted by Gasteiger charge is 2.32. The molecule has 2 heterocycles. The third-order valence-corrected chi connectivity index (χ3v) is 5.74. The van der Waals surface area contributed by atoms with E-state index in [9.17, 15) is 17.2 Å². The number of hydrogen-bond donors (Lipinski definition) is 1. The maximum absolute atomic E-state index is 13.9. The minimum Gasteiger partial charge on any atom is -0.381 e. The number of pyridine rings is 1. The predicted octanol–water partition coefficient (Wildman–Crippen LogP) is 2.81. The third-order valence-electron chi connectivity index (χ3n) is 4.25. The molecule has 1 N–H and O–H groups in total. The van der Waals surface area contributed by atoms with Crippen LogP contribution in [0.1, 0.15) is 24.4 Å². The molecule has 0 saturated carbocycles. The lowest BCUT2D eigenvalue weighted by Gasteiger charge is -2.31. The van der Waals surface area contributed by atoms with Gasteiger partial charge in [-0.05, 0) is 42.5 Å². The van der Waals surface area contributed by atoms with E-state index in [0.717, 1.165) is 18.2 Å². The van der Waals surface area contributed by atoms with Gasteiger partial charge in [-0.25, -0.2) is 21.9 Å². The van der Waals surface area contributed by atoms with Crippen LogP contribution in [-0.4, -0.2) is 26.6 Å². The minimum absolute atomic E-state index is 0.0532. The first-order chi connectivity index (χ1) is 12.0. The largest absolute Gasteiger partial charge is 0.381 e. The van der Waals surface area contributed by atoms with Gasteiger partial charge in [-0.2, -0.15) is 0 Å². The van der Waals surface area contributed by atoms with Crippen LogP contribution >= 0.6 is 0 Å². The molecule has 5 nitrogen and oxygen atoms in total. The molecule has 1 atom stereocenters. The average Bonchev–Trinajstić information content (AvgIpc) is 2.61. The van der Waals surface area contributed by atoms with Crippen LogP contribution in [0.5, 0.6) is 0 Å². The van der Waals surface area contributed by atoms with Crippen molar-refractivity contribution < 1.29 is 21.9 Å². The van der Waals surface area contributed by atoms with Crippen molar-refractivity contribution in [2.75, 3.05) is 13.2 Å². The van der Waals surface area contributed by atoms with Crippen LogP contribution in [0.25, 0.3) is 0 Å². The summed E-state index contributed by atoms with van der Waals surface area (Å²) in [7, 11) is -4.39. The van der Waals surface area contributed by atoms with Gasteiger partial charge in [0.2, 0.25) is 10.0 Å². The fourth-order valence-corrected chi connectivity index (χ4v) is 4.44. The summed E-state index contributed by atoms with van der Waals surface area (Å²) in [6, 6.07) is 5.77. The van der Waals surface area contributed by atoms with Crippen molar-refractivity contribution in [3.05, 3.63) is 59.9 Å². The molecule has 0 spiro atoms. The lowest BCUT2D eigenvalue weighted by molar-refractivity contribution is 0.0564. The number of sulfonamides is 1. The van der Waals surface area contributed by atoms with Gasteiger partial charge in [-0.15, -0.1) is 0 Å². The molecule has 1 aliphatic heterocycles. The summed E-state index contributed by atoms with van der Waals surface area (Å²) in [5, 5.41) is 0. The van der Waals surface area contributed by atoms with Crippen molar-refractivity contribution >= 4 is 10.0 Å². The standard InChI is InChI=1S/C17H18F2N2O3S/c18-14-4-1-5-15(19)17(14)25(22,23)21-16(12-6-9-24-10-7-12)13-3-2-8-20-11-13/h1-5,8,11-12,16,21H,6-7,9-10H2/t16-/m0/s1. The van der Waals surface area contributed by atoms with E-state index in [4.69, 9.17) is 4.74 Å². The van der Waals surface area contributed by atoms with Gasteiger partial charge in [0.1, 0.15) is 11.6 Å². The van der Waals surface area contributed by atoms with Gasteiger partial charge >= 0.3 is 0 Å². The second kappa shape index (κ2) is 7.55. The molecule has 0 radical (unpaired) electrons. The van der Waals surface area contributed by atoms with Crippen LogP contribution in [0.2, 0.25) is 0 Å². The molecule has 25 heavy (non-hydrogen) atoms. The van der Waals surface area contributed by atoms with E-state index >= 15 is 0 Å². The molecular formula is C17H18F2N2O3S. The van der Waals surface area contributed by atoms with E-state index in [0.29, 0.717) is 31.6 Å². The first-order valence-electron chi connectivity index (χ1n) is 7.93. The van der Waals surface area contributed by atoms with Crippen molar-refractivity contribution in [3.8, 4) is 0 Å². The smallest absolute Gasteiger partial charge is 0.246 e. The Hall–Kier alpha value is -1.90. The van der Waals surface area contributed by atoms with Crippen LogP contribution in [0.15, 0.2) is 47.6 Å². The van der Waals surface area contributed by atoms with E-state index in [1.807, 2.05) is 0 Å². The third kappa shape index (κ3) is 4.02. The zero-order valence-electron chi connectivity index (χ0n) is 13.4.